The molecule has 1 amide bonds. The van der Waals surface area contributed by atoms with Gasteiger partial charge in [0.2, 0.25) is 0 Å². The highest BCUT2D eigenvalue weighted by Crippen LogP contribution is 2.40. The number of hydrogen-bond donors (Lipinski definition) is 0. The van der Waals surface area contributed by atoms with E-state index in [2.05, 4.69) is 9.97 Å². The zero-order valence-electron chi connectivity index (χ0n) is 15.1. The number of oxazole rings is 1. The molecule has 2 aromatic heterocycles. The van der Waals surface area contributed by atoms with Crippen molar-refractivity contribution in [2.75, 3.05) is 7.05 Å². The van der Waals surface area contributed by atoms with Crippen molar-refractivity contribution in [3.05, 3.63) is 71.7 Å². The Bertz CT molecular complexity index is 1160. The first-order chi connectivity index (χ1) is 13.2. The van der Waals surface area contributed by atoms with Gasteiger partial charge in [-0.1, -0.05) is 24.3 Å². The van der Waals surface area contributed by atoms with Gasteiger partial charge in [0.25, 0.3) is 5.91 Å². The zero-order chi connectivity index (χ0) is 18.4. The highest BCUT2D eigenvalue weighted by molar-refractivity contribution is 5.97. The summed E-state index contributed by atoms with van der Waals surface area (Å²) < 4.78 is 5.85. The van der Waals surface area contributed by atoms with E-state index in [1.165, 1.54) is 0 Å². The summed E-state index contributed by atoms with van der Waals surface area (Å²) in [7, 11) is 1.81. The van der Waals surface area contributed by atoms with Gasteiger partial charge in [-0.15, -0.1) is 0 Å². The van der Waals surface area contributed by atoms with Crippen LogP contribution in [0.2, 0.25) is 0 Å². The molecule has 0 bridgehead atoms. The SMILES string of the molecule is CN(Cc1cccc2cccnc12)C(=O)c1ccc2nc(C3CC3)oc2c1. The summed E-state index contributed by atoms with van der Waals surface area (Å²) in [5.74, 6) is 1.21. The molecule has 134 valence electrons. The maximum absolute atomic E-state index is 12.9. The van der Waals surface area contributed by atoms with Crippen LogP contribution < -0.4 is 0 Å². The third-order valence-corrected chi connectivity index (χ3v) is 5.05. The Morgan fingerprint density at radius 2 is 2.04 bits per heavy atom. The van der Waals surface area contributed by atoms with Crippen molar-refractivity contribution in [3.63, 3.8) is 0 Å². The minimum Gasteiger partial charge on any atom is -0.440 e. The summed E-state index contributed by atoms with van der Waals surface area (Å²) in [6, 6.07) is 15.5. The van der Waals surface area contributed by atoms with E-state index in [-0.39, 0.29) is 5.91 Å². The van der Waals surface area contributed by atoms with E-state index in [4.69, 9.17) is 4.42 Å². The van der Waals surface area contributed by atoms with Crippen molar-refractivity contribution in [1.29, 1.82) is 0 Å². The molecule has 5 rings (SSSR count). The average molecular weight is 357 g/mol. The number of nitrogens with zero attached hydrogens (tertiary/aromatic N) is 3. The second-order valence-electron chi connectivity index (χ2n) is 7.16. The number of para-hydroxylation sites is 1. The molecular formula is C22H19N3O2. The van der Waals surface area contributed by atoms with Crippen molar-refractivity contribution in [1.82, 2.24) is 14.9 Å². The second-order valence-corrected chi connectivity index (χ2v) is 7.16. The fourth-order valence-corrected chi connectivity index (χ4v) is 3.42. The lowest BCUT2D eigenvalue weighted by molar-refractivity contribution is 0.0785. The largest absolute Gasteiger partial charge is 0.440 e. The van der Waals surface area contributed by atoms with E-state index < -0.39 is 0 Å². The van der Waals surface area contributed by atoms with E-state index in [0.29, 0.717) is 23.6 Å². The molecule has 4 aromatic rings. The lowest BCUT2D eigenvalue weighted by atomic mass is 10.1. The molecule has 0 N–H and O–H groups in total. The monoisotopic (exact) mass is 357 g/mol. The standard InChI is InChI=1S/C22H19N3O2/c1-25(13-17-5-2-4-14-6-3-11-23-20(14)17)22(26)16-9-10-18-19(12-16)27-21(24-18)15-7-8-15/h2-6,9-12,15H,7-8,13H2,1H3. The van der Waals surface area contributed by atoms with Crippen molar-refractivity contribution < 1.29 is 9.21 Å². The number of amides is 1. The molecule has 0 unspecified atom stereocenters. The number of carbonyl (C=O) groups excluding carboxylic acids is 1. The number of fused-ring (bicyclic) bond motifs is 2. The minimum atomic E-state index is -0.0470. The Morgan fingerprint density at radius 1 is 1.19 bits per heavy atom. The number of carbonyl (C=O) groups is 1. The number of pyridine rings is 1. The second kappa shape index (κ2) is 6.20. The number of rotatable bonds is 4. The predicted octanol–water partition coefficient (Wildman–Crippen LogP) is 4.53. The molecule has 1 aliphatic carbocycles. The smallest absolute Gasteiger partial charge is 0.254 e. The normalized spacial score (nSPS) is 14.0. The van der Waals surface area contributed by atoms with Crippen LogP contribution >= 0.6 is 0 Å². The van der Waals surface area contributed by atoms with Gasteiger partial charge in [0.15, 0.2) is 11.5 Å². The third-order valence-electron chi connectivity index (χ3n) is 5.05. The number of benzene rings is 2. The van der Waals surface area contributed by atoms with Crippen LogP contribution in [0.25, 0.3) is 22.0 Å². The van der Waals surface area contributed by atoms with Gasteiger partial charge in [0, 0.05) is 36.7 Å². The van der Waals surface area contributed by atoms with Crippen LogP contribution in [0.1, 0.15) is 40.6 Å². The van der Waals surface area contributed by atoms with E-state index >= 15 is 0 Å². The van der Waals surface area contributed by atoms with Crippen LogP contribution in [0.5, 0.6) is 0 Å². The first-order valence-corrected chi connectivity index (χ1v) is 9.17. The molecule has 1 saturated carbocycles. The van der Waals surface area contributed by atoms with Crippen LogP contribution in [0.3, 0.4) is 0 Å². The summed E-state index contributed by atoms with van der Waals surface area (Å²) in [5.41, 5.74) is 4.06. The number of hydrogen-bond acceptors (Lipinski definition) is 4. The molecule has 2 heterocycles. The fraction of sp³-hybridized carbons (Fsp3) is 0.227. The molecule has 0 radical (unpaired) electrons. The van der Waals surface area contributed by atoms with Gasteiger partial charge in [0.1, 0.15) is 5.52 Å². The third kappa shape index (κ3) is 2.95. The van der Waals surface area contributed by atoms with Gasteiger partial charge < -0.3 is 9.32 Å². The zero-order valence-corrected chi connectivity index (χ0v) is 15.1. The van der Waals surface area contributed by atoms with Gasteiger partial charge in [0.05, 0.1) is 5.52 Å². The highest BCUT2D eigenvalue weighted by atomic mass is 16.3. The summed E-state index contributed by atoms with van der Waals surface area (Å²) in [6.45, 7) is 0.495. The van der Waals surface area contributed by atoms with Crippen molar-refractivity contribution >= 4 is 27.9 Å². The maximum Gasteiger partial charge on any atom is 0.254 e. The van der Waals surface area contributed by atoms with Gasteiger partial charge in [-0.05, 0) is 42.7 Å². The quantitative estimate of drug-likeness (QED) is 0.538. The maximum atomic E-state index is 12.9. The van der Waals surface area contributed by atoms with Gasteiger partial charge in [-0.25, -0.2) is 4.98 Å². The summed E-state index contributed by atoms with van der Waals surface area (Å²) >= 11 is 0. The Balaban J connectivity index is 1.41. The predicted molar refractivity (Wildman–Crippen MR) is 104 cm³/mol. The Hall–Kier alpha value is -3.21. The topological polar surface area (TPSA) is 59.2 Å². The lowest BCUT2D eigenvalue weighted by Gasteiger charge is -2.18. The van der Waals surface area contributed by atoms with Crippen LogP contribution in [-0.2, 0) is 6.54 Å². The van der Waals surface area contributed by atoms with Crippen LogP contribution in [0.4, 0.5) is 0 Å². The minimum absolute atomic E-state index is 0.0470. The lowest BCUT2D eigenvalue weighted by Crippen LogP contribution is -2.26. The van der Waals surface area contributed by atoms with Crippen molar-refractivity contribution in [2.24, 2.45) is 0 Å². The van der Waals surface area contributed by atoms with Crippen molar-refractivity contribution in [2.45, 2.75) is 25.3 Å². The first-order valence-electron chi connectivity index (χ1n) is 9.17. The van der Waals surface area contributed by atoms with Gasteiger partial charge in [-0.3, -0.25) is 9.78 Å². The fourth-order valence-electron chi connectivity index (χ4n) is 3.42. The van der Waals surface area contributed by atoms with E-state index in [9.17, 15) is 4.79 Å². The summed E-state index contributed by atoms with van der Waals surface area (Å²) in [6.07, 6.45) is 4.06. The van der Waals surface area contributed by atoms with Crippen molar-refractivity contribution in [3.8, 4) is 0 Å². The Labute approximate surface area is 156 Å². The molecule has 27 heavy (non-hydrogen) atoms. The highest BCUT2D eigenvalue weighted by Gasteiger charge is 2.29. The molecule has 0 spiro atoms. The van der Waals surface area contributed by atoms with Gasteiger partial charge in [-0.2, -0.15) is 0 Å². The summed E-state index contributed by atoms with van der Waals surface area (Å²) in [5, 5.41) is 1.08. The van der Waals surface area contributed by atoms with Gasteiger partial charge >= 0.3 is 0 Å². The molecule has 2 aromatic carbocycles. The molecule has 1 aliphatic rings. The summed E-state index contributed by atoms with van der Waals surface area (Å²) in [4.78, 5) is 23.6. The molecular weight excluding hydrogens is 338 g/mol. The molecule has 5 heteroatoms. The van der Waals surface area contributed by atoms with E-state index in [1.54, 1.807) is 17.2 Å². The Kier molecular flexibility index (Phi) is 3.67. The molecule has 5 nitrogen and oxygen atoms in total. The van der Waals surface area contributed by atoms with E-state index in [1.807, 2.05) is 49.5 Å². The first kappa shape index (κ1) is 16.0. The molecule has 0 atom stereocenters. The molecule has 0 aliphatic heterocycles. The molecule has 1 fully saturated rings. The average Bonchev–Trinajstić information content (AvgIpc) is 3.46. The number of aromatic nitrogens is 2. The molecule has 0 saturated heterocycles. The van der Waals surface area contributed by atoms with Crippen LogP contribution in [0, 0.1) is 0 Å². The van der Waals surface area contributed by atoms with Crippen LogP contribution in [0.15, 0.2) is 59.1 Å². The van der Waals surface area contributed by atoms with E-state index in [0.717, 1.165) is 40.7 Å². The van der Waals surface area contributed by atoms with Crippen LogP contribution in [-0.4, -0.2) is 27.8 Å². The Morgan fingerprint density at radius 3 is 2.89 bits per heavy atom.